The Bertz CT molecular complexity index is 724. The Hall–Kier alpha value is -2.49. The monoisotopic (exact) mass is 336 g/mol. The molecule has 2 N–H and O–H groups in total. The molecule has 2 aromatic rings. The summed E-state index contributed by atoms with van der Waals surface area (Å²) in [4.78, 5) is 6.81. The lowest BCUT2D eigenvalue weighted by Gasteiger charge is -2.20. The number of aryl methyl sites for hydroxylation is 2. The molecule has 0 spiro atoms. The minimum absolute atomic E-state index is 0.422. The molecule has 1 fully saturated rings. The van der Waals surface area contributed by atoms with Crippen molar-refractivity contribution in [2.24, 2.45) is 4.99 Å². The van der Waals surface area contributed by atoms with E-state index in [1.54, 1.807) is 0 Å². The molecule has 132 valence electrons. The molecule has 0 bridgehead atoms. The zero-order valence-corrected chi connectivity index (χ0v) is 15.4. The van der Waals surface area contributed by atoms with Gasteiger partial charge in [-0.25, -0.2) is 0 Å². The van der Waals surface area contributed by atoms with Crippen molar-refractivity contribution in [3.05, 3.63) is 65.2 Å². The highest BCUT2D eigenvalue weighted by Crippen LogP contribution is 2.19. The smallest absolute Gasteiger partial charge is 0.191 e. The maximum absolute atomic E-state index is 4.39. The van der Waals surface area contributed by atoms with E-state index in [2.05, 4.69) is 82.9 Å². The fourth-order valence-electron chi connectivity index (χ4n) is 3.36. The normalized spacial score (nSPS) is 17.6. The van der Waals surface area contributed by atoms with Gasteiger partial charge in [0.25, 0.3) is 0 Å². The molecular weight excluding hydrogens is 308 g/mol. The van der Waals surface area contributed by atoms with Gasteiger partial charge in [-0.3, -0.25) is 4.99 Å². The summed E-state index contributed by atoms with van der Waals surface area (Å²) in [6.07, 6.45) is 1.12. The number of nitrogens with one attached hydrogen (secondary N) is 2. The van der Waals surface area contributed by atoms with Gasteiger partial charge in [0, 0.05) is 38.4 Å². The standard InChI is InChI=1S/C21H28N4/c1-16-9-10-18(17(2)13-16)14-23-21(22-3)24-19-11-12-25(15-19)20-7-5-4-6-8-20/h4-10,13,19H,11-12,14-15H2,1-3H3,(H2,22,23,24). The second-order valence-corrected chi connectivity index (χ2v) is 6.77. The van der Waals surface area contributed by atoms with E-state index < -0.39 is 0 Å². The van der Waals surface area contributed by atoms with Crippen LogP contribution in [0.2, 0.25) is 0 Å². The molecule has 4 nitrogen and oxygen atoms in total. The Balaban J connectivity index is 1.53. The molecule has 1 unspecified atom stereocenters. The van der Waals surface area contributed by atoms with Crippen molar-refractivity contribution in [2.45, 2.75) is 32.9 Å². The molecule has 1 aliphatic rings. The van der Waals surface area contributed by atoms with Crippen LogP contribution in [0.4, 0.5) is 5.69 Å². The lowest BCUT2D eigenvalue weighted by molar-refractivity contribution is 0.648. The van der Waals surface area contributed by atoms with Crippen LogP contribution in [0.25, 0.3) is 0 Å². The summed E-state index contributed by atoms with van der Waals surface area (Å²) in [5.41, 5.74) is 5.23. The van der Waals surface area contributed by atoms with Crippen molar-refractivity contribution in [2.75, 3.05) is 25.0 Å². The van der Waals surface area contributed by atoms with Crippen LogP contribution in [-0.4, -0.2) is 32.1 Å². The van der Waals surface area contributed by atoms with Crippen LogP contribution in [0.1, 0.15) is 23.1 Å². The van der Waals surface area contributed by atoms with Crippen LogP contribution >= 0.6 is 0 Å². The van der Waals surface area contributed by atoms with Gasteiger partial charge in [-0.05, 0) is 43.5 Å². The first-order valence-corrected chi connectivity index (χ1v) is 8.99. The van der Waals surface area contributed by atoms with Crippen molar-refractivity contribution in [3.63, 3.8) is 0 Å². The van der Waals surface area contributed by atoms with Crippen LogP contribution in [0.5, 0.6) is 0 Å². The average Bonchev–Trinajstić information content (AvgIpc) is 3.09. The summed E-state index contributed by atoms with van der Waals surface area (Å²) in [7, 11) is 1.83. The summed E-state index contributed by atoms with van der Waals surface area (Å²) in [5.74, 6) is 0.875. The number of anilines is 1. The minimum atomic E-state index is 0.422. The Morgan fingerprint density at radius 1 is 1.16 bits per heavy atom. The largest absolute Gasteiger partial charge is 0.369 e. The Morgan fingerprint density at radius 3 is 2.68 bits per heavy atom. The Morgan fingerprint density at radius 2 is 1.96 bits per heavy atom. The lowest BCUT2D eigenvalue weighted by atomic mass is 10.1. The molecule has 0 amide bonds. The molecule has 4 heteroatoms. The summed E-state index contributed by atoms with van der Waals surface area (Å²) >= 11 is 0. The predicted molar refractivity (Wildman–Crippen MR) is 106 cm³/mol. The molecule has 0 aliphatic carbocycles. The fraction of sp³-hybridized carbons (Fsp3) is 0.381. The zero-order chi connectivity index (χ0) is 17.6. The van der Waals surface area contributed by atoms with E-state index in [1.807, 2.05) is 7.05 Å². The molecule has 2 aromatic carbocycles. The molecule has 3 rings (SSSR count). The average molecular weight is 336 g/mol. The van der Waals surface area contributed by atoms with E-state index >= 15 is 0 Å². The van der Waals surface area contributed by atoms with Crippen molar-refractivity contribution >= 4 is 11.6 Å². The lowest BCUT2D eigenvalue weighted by Crippen LogP contribution is -2.44. The van der Waals surface area contributed by atoms with Crippen LogP contribution in [0.3, 0.4) is 0 Å². The molecule has 0 saturated carbocycles. The first kappa shape index (κ1) is 17.3. The van der Waals surface area contributed by atoms with Gasteiger partial charge in [-0.1, -0.05) is 42.0 Å². The number of hydrogen-bond acceptors (Lipinski definition) is 2. The van der Waals surface area contributed by atoms with Gasteiger partial charge < -0.3 is 15.5 Å². The van der Waals surface area contributed by atoms with Crippen molar-refractivity contribution in [3.8, 4) is 0 Å². The van der Waals surface area contributed by atoms with Gasteiger partial charge in [-0.2, -0.15) is 0 Å². The van der Waals surface area contributed by atoms with E-state index in [-0.39, 0.29) is 0 Å². The predicted octanol–water partition coefficient (Wildman–Crippen LogP) is 3.25. The second kappa shape index (κ2) is 8.06. The van der Waals surface area contributed by atoms with Gasteiger partial charge >= 0.3 is 0 Å². The van der Waals surface area contributed by atoms with E-state index in [4.69, 9.17) is 0 Å². The Labute approximate surface area is 151 Å². The highest BCUT2D eigenvalue weighted by molar-refractivity contribution is 5.80. The summed E-state index contributed by atoms with van der Waals surface area (Å²) in [5, 5.41) is 7.01. The molecule has 0 aromatic heterocycles. The first-order chi connectivity index (χ1) is 12.2. The molecular formula is C21H28N4. The van der Waals surface area contributed by atoms with Crippen LogP contribution in [0.15, 0.2) is 53.5 Å². The van der Waals surface area contributed by atoms with Crippen LogP contribution in [-0.2, 0) is 6.54 Å². The quantitative estimate of drug-likeness (QED) is 0.665. The topological polar surface area (TPSA) is 39.7 Å². The summed E-state index contributed by atoms with van der Waals surface area (Å²) in [6.45, 7) is 7.17. The molecule has 1 heterocycles. The van der Waals surface area contributed by atoms with Gasteiger partial charge in [0.2, 0.25) is 0 Å². The highest BCUT2D eigenvalue weighted by Gasteiger charge is 2.23. The maximum atomic E-state index is 4.39. The number of rotatable bonds is 4. The van der Waals surface area contributed by atoms with Crippen molar-refractivity contribution in [1.29, 1.82) is 0 Å². The fourth-order valence-corrected chi connectivity index (χ4v) is 3.36. The molecule has 25 heavy (non-hydrogen) atoms. The third kappa shape index (κ3) is 4.53. The van der Waals surface area contributed by atoms with E-state index in [1.165, 1.54) is 22.4 Å². The second-order valence-electron chi connectivity index (χ2n) is 6.77. The van der Waals surface area contributed by atoms with E-state index in [0.717, 1.165) is 32.0 Å². The van der Waals surface area contributed by atoms with Gasteiger partial charge in [0.05, 0.1) is 0 Å². The number of hydrogen-bond donors (Lipinski definition) is 2. The van der Waals surface area contributed by atoms with Gasteiger partial charge in [-0.15, -0.1) is 0 Å². The number of nitrogens with zero attached hydrogens (tertiary/aromatic N) is 2. The van der Waals surface area contributed by atoms with Gasteiger partial charge in [0.1, 0.15) is 0 Å². The SMILES string of the molecule is CN=C(NCc1ccc(C)cc1C)NC1CCN(c2ccccc2)C1. The first-order valence-electron chi connectivity index (χ1n) is 8.99. The maximum Gasteiger partial charge on any atom is 0.191 e. The molecule has 1 atom stereocenters. The van der Waals surface area contributed by atoms with Crippen molar-refractivity contribution in [1.82, 2.24) is 10.6 Å². The molecule has 1 saturated heterocycles. The number of benzene rings is 2. The third-order valence-corrected chi connectivity index (χ3v) is 4.82. The summed E-state index contributed by atoms with van der Waals surface area (Å²) < 4.78 is 0. The number of guanidine groups is 1. The minimum Gasteiger partial charge on any atom is -0.369 e. The third-order valence-electron chi connectivity index (χ3n) is 4.82. The number of para-hydroxylation sites is 1. The van der Waals surface area contributed by atoms with Crippen molar-refractivity contribution < 1.29 is 0 Å². The zero-order valence-electron chi connectivity index (χ0n) is 15.4. The van der Waals surface area contributed by atoms with Gasteiger partial charge in [0.15, 0.2) is 5.96 Å². The Kier molecular flexibility index (Phi) is 5.59. The number of aliphatic imine (C=N–C) groups is 1. The van der Waals surface area contributed by atoms with E-state index in [9.17, 15) is 0 Å². The highest BCUT2D eigenvalue weighted by atomic mass is 15.2. The summed E-state index contributed by atoms with van der Waals surface area (Å²) in [6, 6.07) is 17.6. The van der Waals surface area contributed by atoms with Crippen LogP contribution < -0.4 is 15.5 Å². The molecule has 1 aliphatic heterocycles. The van der Waals surface area contributed by atoms with Crippen LogP contribution in [0, 0.1) is 13.8 Å². The van der Waals surface area contributed by atoms with E-state index in [0.29, 0.717) is 6.04 Å². The molecule has 0 radical (unpaired) electrons.